The number of rotatable bonds is 8. The third-order valence-electron chi connectivity index (χ3n) is 12.2. The van der Waals surface area contributed by atoms with Crippen LogP contribution >= 0.6 is 0 Å². The summed E-state index contributed by atoms with van der Waals surface area (Å²) in [5.41, 5.74) is 14.5. The molecule has 0 radical (unpaired) electrons. The van der Waals surface area contributed by atoms with E-state index in [1.807, 2.05) is 6.20 Å². The predicted octanol–water partition coefficient (Wildman–Crippen LogP) is 10.8. The molecule has 0 N–H and O–H groups in total. The first-order valence-electron chi connectivity index (χ1n) is 21.5. The summed E-state index contributed by atoms with van der Waals surface area (Å²) < 4.78 is 4.41. The summed E-state index contributed by atoms with van der Waals surface area (Å²) in [6.07, 6.45) is 1.94. The summed E-state index contributed by atoms with van der Waals surface area (Å²) in [6, 6.07) is 72.3. The molecule has 7 aromatic carbocycles. The van der Waals surface area contributed by atoms with Gasteiger partial charge in [0, 0.05) is 49.7 Å². The zero-order valence-corrected chi connectivity index (χ0v) is 38.3. The molecule has 4 heterocycles. The van der Waals surface area contributed by atoms with Gasteiger partial charge in [-0.05, 0) is 76.9 Å². The van der Waals surface area contributed by atoms with E-state index in [9.17, 15) is 0 Å². The van der Waals surface area contributed by atoms with Crippen molar-refractivity contribution in [3.05, 3.63) is 213 Å². The van der Waals surface area contributed by atoms with Crippen LogP contribution in [-0.2, 0) is 26.5 Å². The summed E-state index contributed by atoms with van der Waals surface area (Å²) >= 11 is 0. The molecular weight excluding hydrogens is 963 g/mol. The molecule has 0 spiro atoms. The minimum Gasteiger partial charge on any atom is -0.504 e. The van der Waals surface area contributed by atoms with Gasteiger partial charge in [0.25, 0.3) is 0 Å². The van der Waals surface area contributed by atoms with Crippen molar-refractivity contribution < 1.29 is 21.1 Å². The van der Waals surface area contributed by atoms with Crippen LogP contribution in [0.5, 0.6) is 0 Å². The van der Waals surface area contributed by atoms with Gasteiger partial charge < -0.3 is 14.4 Å². The molecule has 0 fully saturated rings. The molecule has 0 bridgehead atoms. The Balaban J connectivity index is 0.00000484. The van der Waals surface area contributed by atoms with Crippen molar-refractivity contribution >= 4 is 62.0 Å². The standard InChI is InChI=1S/C56H44BN6.Pt/c1-56(2,3)41-33-34-58-52(35-41)62-48-28-15-14-27-46(48)47-32-31-43(37-51(47)62)57(42-23-18-26-45(36-42)61-38-60(4)49-29-16-17-30-50(49)61)53-54(39-19-8-5-9-20-39)59-63(44-24-12-7-13-25-44)55(53)40-21-10-6-11-22-40;/h5-35,38H,1-4H3;/q-3;. The molecule has 0 atom stereocenters. The first-order valence-corrected chi connectivity index (χ1v) is 21.5. The normalized spacial score (nSPS) is 12.4. The molecule has 0 saturated carbocycles. The van der Waals surface area contributed by atoms with Crippen molar-refractivity contribution in [3.8, 4) is 34.0 Å². The molecule has 1 aliphatic heterocycles. The maximum absolute atomic E-state index is 5.58. The number of para-hydroxylation sites is 4. The third-order valence-corrected chi connectivity index (χ3v) is 12.2. The molecule has 3 aromatic heterocycles. The Bertz CT molecular complexity index is 3280. The van der Waals surface area contributed by atoms with Crippen LogP contribution in [0.2, 0.25) is 0 Å². The number of hydrogen-bond donors (Lipinski definition) is 0. The Morgan fingerprint density at radius 2 is 1.27 bits per heavy atom. The third kappa shape index (κ3) is 7.14. The van der Waals surface area contributed by atoms with Crippen molar-refractivity contribution in [2.75, 3.05) is 16.8 Å². The Morgan fingerprint density at radius 1 is 0.609 bits per heavy atom. The zero-order chi connectivity index (χ0) is 42.7. The van der Waals surface area contributed by atoms with Crippen LogP contribution in [0.25, 0.3) is 55.8 Å². The van der Waals surface area contributed by atoms with Crippen molar-refractivity contribution in [3.63, 3.8) is 0 Å². The van der Waals surface area contributed by atoms with Gasteiger partial charge in [0.05, 0.1) is 17.1 Å². The van der Waals surface area contributed by atoms with E-state index >= 15 is 0 Å². The van der Waals surface area contributed by atoms with Gasteiger partial charge in [-0.15, -0.1) is 11.1 Å². The number of hydrogen-bond acceptors (Lipinski definition) is 4. The summed E-state index contributed by atoms with van der Waals surface area (Å²) in [7, 11) is 2.09. The Morgan fingerprint density at radius 3 is 2.02 bits per heavy atom. The van der Waals surface area contributed by atoms with Crippen LogP contribution in [0.3, 0.4) is 0 Å². The van der Waals surface area contributed by atoms with Crippen LogP contribution < -0.4 is 26.2 Å². The van der Waals surface area contributed by atoms with Crippen LogP contribution in [-0.4, -0.2) is 33.1 Å². The molecule has 0 saturated heterocycles. The van der Waals surface area contributed by atoms with Crippen LogP contribution in [0.4, 0.5) is 17.1 Å². The monoisotopic (exact) mass is 1010 g/mol. The fraction of sp³-hybridized carbons (Fsp3) is 0.0893. The minimum atomic E-state index is -0.367. The van der Waals surface area contributed by atoms with Crippen molar-refractivity contribution in [1.29, 1.82) is 0 Å². The first kappa shape index (κ1) is 41.1. The first-order chi connectivity index (χ1) is 30.8. The van der Waals surface area contributed by atoms with Crippen LogP contribution in [0.1, 0.15) is 26.3 Å². The number of aromatic nitrogens is 4. The van der Waals surface area contributed by atoms with E-state index in [2.05, 4.69) is 248 Å². The van der Waals surface area contributed by atoms with Gasteiger partial charge in [-0.25, -0.2) is 9.67 Å². The van der Waals surface area contributed by atoms with Crippen molar-refractivity contribution in [1.82, 2.24) is 19.3 Å². The molecule has 10 aromatic rings. The zero-order valence-electron chi connectivity index (χ0n) is 36.1. The van der Waals surface area contributed by atoms with Gasteiger partial charge in [0.15, 0.2) is 6.71 Å². The Kier molecular flexibility index (Phi) is 10.7. The van der Waals surface area contributed by atoms with Gasteiger partial charge >= 0.3 is 0 Å². The smallest absolute Gasteiger partial charge is 0.197 e. The average molecular weight is 1010 g/mol. The van der Waals surface area contributed by atoms with E-state index < -0.39 is 0 Å². The van der Waals surface area contributed by atoms with E-state index in [4.69, 9.17) is 10.1 Å². The number of benzene rings is 7. The van der Waals surface area contributed by atoms with Crippen molar-refractivity contribution in [2.24, 2.45) is 0 Å². The van der Waals surface area contributed by atoms with Crippen LogP contribution in [0.15, 0.2) is 188 Å². The SMILES string of the molecule is CN1[CH-]N(c2[c-]c(B(c3[c-]c4c(cc3)c3ccccc3n4-c3cc(C(C)(C)C)ccn3)c3c(-c4ccccc4)nn(-c4ccccc4)c3-c3ccccc3)ccc2)c2ccccc21.[Pt]. The predicted molar refractivity (Wildman–Crippen MR) is 262 cm³/mol. The number of nitrogens with zero attached hydrogens (tertiary/aromatic N) is 6. The molecule has 0 aliphatic carbocycles. The average Bonchev–Trinajstić information content (AvgIpc) is 3.99. The summed E-state index contributed by atoms with van der Waals surface area (Å²) in [4.78, 5) is 9.42. The maximum atomic E-state index is 5.58. The molecule has 6 nitrogen and oxygen atoms in total. The Hall–Kier alpha value is -6.95. The second-order valence-electron chi connectivity index (χ2n) is 17.3. The molecule has 8 heteroatoms. The quantitative estimate of drug-likeness (QED) is 0.112. The van der Waals surface area contributed by atoms with Gasteiger partial charge in [-0.2, -0.15) is 65.2 Å². The number of fused-ring (bicyclic) bond motifs is 4. The van der Waals surface area contributed by atoms with E-state index in [-0.39, 0.29) is 33.2 Å². The number of pyridine rings is 1. The fourth-order valence-electron chi connectivity index (χ4n) is 9.18. The van der Waals surface area contributed by atoms with Gasteiger partial charge in [0.1, 0.15) is 5.82 Å². The second kappa shape index (κ2) is 16.6. The molecule has 11 rings (SSSR count). The minimum absolute atomic E-state index is 0. The molecule has 314 valence electrons. The van der Waals surface area contributed by atoms with E-state index in [0.29, 0.717) is 0 Å². The van der Waals surface area contributed by atoms with E-state index in [0.717, 1.165) is 89.3 Å². The largest absolute Gasteiger partial charge is 0.504 e. The summed E-state index contributed by atoms with van der Waals surface area (Å²) in [6.45, 7) is 8.52. The van der Waals surface area contributed by atoms with Crippen molar-refractivity contribution in [2.45, 2.75) is 26.2 Å². The summed E-state index contributed by atoms with van der Waals surface area (Å²) in [5, 5.41) is 7.86. The van der Waals surface area contributed by atoms with E-state index in [1.54, 1.807) is 0 Å². The second-order valence-corrected chi connectivity index (χ2v) is 17.3. The summed E-state index contributed by atoms with van der Waals surface area (Å²) in [5.74, 6) is 0.867. The Labute approximate surface area is 389 Å². The molecule has 64 heavy (non-hydrogen) atoms. The molecule has 1 aliphatic rings. The van der Waals surface area contributed by atoms with Gasteiger partial charge in [0.2, 0.25) is 0 Å². The topological polar surface area (TPSA) is 42.1 Å². The fourth-order valence-corrected chi connectivity index (χ4v) is 9.18. The van der Waals surface area contributed by atoms with Gasteiger partial charge in [-0.1, -0.05) is 135 Å². The maximum Gasteiger partial charge on any atom is 0.197 e. The molecule has 0 amide bonds. The van der Waals surface area contributed by atoms with E-state index in [1.165, 1.54) is 5.56 Å². The molecular formula is C56H44BN6Pt-3. The molecule has 0 unspecified atom stereocenters. The number of anilines is 3. The van der Waals surface area contributed by atoms with Gasteiger partial charge in [-0.3, -0.25) is 0 Å². The van der Waals surface area contributed by atoms with Crippen LogP contribution in [0, 0.1) is 18.8 Å².